The van der Waals surface area contributed by atoms with Crippen LogP contribution in [0.2, 0.25) is 0 Å². The van der Waals surface area contributed by atoms with E-state index in [2.05, 4.69) is 0 Å². The summed E-state index contributed by atoms with van der Waals surface area (Å²) in [6.07, 6.45) is 1.66. The highest BCUT2D eigenvalue weighted by Crippen LogP contribution is 2.47. The molecule has 0 spiro atoms. The van der Waals surface area contributed by atoms with E-state index in [1.54, 1.807) is 7.11 Å². The van der Waals surface area contributed by atoms with E-state index in [9.17, 15) is 9.59 Å². The maximum atomic E-state index is 13.9. The van der Waals surface area contributed by atoms with Gasteiger partial charge in [-0.2, -0.15) is 0 Å². The lowest BCUT2D eigenvalue weighted by Gasteiger charge is -2.36. The molecule has 3 aromatic carbocycles. The average Bonchev–Trinajstić information content (AvgIpc) is 2.97. The average molecular weight is 537 g/mol. The van der Waals surface area contributed by atoms with Crippen LogP contribution in [0.15, 0.2) is 95.1 Å². The minimum Gasteiger partial charge on any atom is -0.497 e. The maximum absolute atomic E-state index is 13.9. The standard InChI is InChI=1S/C34H36N2O4/c1-22-31(34(38)40-19-18-23-8-6-5-7-9-23)32(25-10-14-27(15-11-25)36(2)3)33-29(35-22)20-26(21-30(33)37)24-12-16-28(39-4)17-13-24/h5-17,26,31-32H,18-21H2,1-4H3. The fourth-order valence-corrected chi connectivity index (χ4v) is 5.82. The van der Waals surface area contributed by atoms with Crippen LogP contribution in [0, 0.1) is 5.92 Å². The predicted octanol–water partition coefficient (Wildman–Crippen LogP) is 6.12. The van der Waals surface area contributed by atoms with Crippen molar-refractivity contribution in [1.82, 2.24) is 0 Å². The highest BCUT2D eigenvalue weighted by atomic mass is 16.5. The van der Waals surface area contributed by atoms with Gasteiger partial charge in [0.25, 0.3) is 0 Å². The summed E-state index contributed by atoms with van der Waals surface area (Å²) < 4.78 is 11.1. The number of esters is 1. The molecule has 2 aliphatic rings. The summed E-state index contributed by atoms with van der Waals surface area (Å²) in [6, 6.07) is 26.0. The van der Waals surface area contributed by atoms with Crippen molar-refractivity contribution in [2.75, 3.05) is 32.7 Å². The highest BCUT2D eigenvalue weighted by Gasteiger charge is 2.44. The van der Waals surface area contributed by atoms with Gasteiger partial charge in [0.2, 0.25) is 0 Å². The summed E-state index contributed by atoms with van der Waals surface area (Å²) in [6.45, 7) is 2.16. The van der Waals surface area contributed by atoms with Crippen LogP contribution in [0.3, 0.4) is 0 Å². The fraction of sp³-hybridized carbons (Fsp3) is 0.324. The summed E-state index contributed by atoms with van der Waals surface area (Å²) in [5.41, 5.74) is 6.29. The molecule has 0 bridgehead atoms. The summed E-state index contributed by atoms with van der Waals surface area (Å²) >= 11 is 0. The van der Waals surface area contributed by atoms with Gasteiger partial charge in [-0.3, -0.25) is 14.6 Å². The first-order chi connectivity index (χ1) is 19.4. The molecular weight excluding hydrogens is 500 g/mol. The number of methoxy groups -OCH3 is 1. The van der Waals surface area contributed by atoms with Gasteiger partial charge >= 0.3 is 5.97 Å². The Morgan fingerprint density at radius 2 is 1.60 bits per heavy atom. The van der Waals surface area contributed by atoms with Crippen molar-refractivity contribution in [1.29, 1.82) is 0 Å². The second-order valence-corrected chi connectivity index (χ2v) is 10.8. The third-order valence-electron chi connectivity index (χ3n) is 7.98. The molecule has 0 N–H and O–H groups in total. The van der Waals surface area contributed by atoms with E-state index < -0.39 is 11.8 Å². The summed E-state index contributed by atoms with van der Waals surface area (Å²) in [5, 5.41) is 0. The van der Waals surface area contributed by atoms with E-state index in [1.807, 2.05) is 105 Å². The molecule has 40 heavy (non-hydrogen) atoms. The van der Waals surface area contributed by atoms with Crippen molar-refractivity contribution in [2.24, 2.45) is 10.9 Å². The number of hydrogen-bond acceptors (Lipinski definition) is 6. The topological polar surface area (TPSA) is 68.2 Å². The molecule has 5 rings (SSSR count). The molecule has 6 heteroatoms. The second kappa shape index (κ2) is 11.9. The van der Waals surface area contributed by atoms with Crippen molar-refractivity contribution < 1.29 is 19.1 Å². The van der Waals surface area contributed by atoms with Gasteiger partial charge in [0.1, 0.15) is 11.7 Å². The second-order valence-electron chi connectivity index (χ2n) is 10.8. The van der Waals surface area contributed by atoms with E-state index in [-0.39, 0.29) is 24.3 Å². The summed E-state index contributed by atoms with van der Waals surface area (Å²) in [7, 11) is 5.62. The van der Waals surface area contributed by atoms with Crippen LogP contribution in [-0.2, 0) is 20.7 Å². The Balaban J connectivity index is 1.46. The molecule has 6 nitrogen and oxygen atoms in total. The maximum Gasteiger partial charge on any atom is 0.315 e. The summed E-state index contributed by atoms with van der Waals surface area (Å²) in [5.74, 6) is -0.567. The number of carbonyl (C=O) groups excluding carboxylic acids is 2. The number of anilines is 1. The number of ketones is 1. The quantitative estimate of drug-likeness (QED) is 0.325. The Labute approximate surface area is 236 Å². The Morgan fingerprint density at radius 1 is 0.925 bits per heavy atom. The number of benzene rings is 3. The smallest absolute Gasteiger partial charge is 0.315 e. The van der Waals surface area contributed by atoms with Crippen molar-refractivity contribution in [2.45, 2.75) is 38.0 Å². The van der Waals surface area contributed by atoms with Gasteiger partial charge in [0.15, 0.2) is 5.78 Å². The van der Waals surface area contributed by atoms with E-state index in [0.717, 1.165) is 33.8 Å². The van der Waals surface area contributed by atoms with Crippen LogP contribution in [0.1, 0.15) is 48.3 Å². The lowest BCUT2D eigenvalue weighted by atomic mass is 9.69. The molecule has 0 amide bonds. The van der Waals surface area contributed by atoms with Gasteiger partial charge in [-0.1, -0.05) is 54.6 Å². The molecule has 0 saturated carbocycles. The molecule has 1 aliphatic heterocycles. The Morgan fingerprint density at radius 3 is 2.25 bits per heavy atom. The van der Waals surface area contributed by atoms with Crippen LogP contribution in [0.4, 0.5) is 5.69 Å². The van der Waals surface area contributed by atoms with Gasteiger partial charge in [-0.05, 0) is 60.2 Å². The van der Waals surface area contributed by atoms with E-state index >= 15 is 0 Å². The van der Waals surface area contributed by atoms with Crippen LogP contribution >= 0.6 is 0 Å². The van der Waals surface area contributed by atoms with Gasteiger partial charge in [0, 0.05) is 55.5 Å². The molecule has 3 aromatic rings. The molecule has 206 valence electrons. The molecule has 1 aliphatic carbocycles. The molecule has 0 fully saturated rings. The molecule has 0 radical (unpaired) electrons. The van der Waals surface area contributed by atoms with Crippen molar-refractivity contribution in [3.63, 3.8) is 0 Å². The number of Topliss-reactive ketones (excluding diaryl/α,β-unsaturated/α-hetero) is 1. The third-order valence-corrected chi connectivity index (χ3v) is 7.98. The van der Waals surface area contributed by atoms with Crippen molar-refractivity contribution in [3.8, 4) is 5.75 Å². The number of aliphatic imine (C=N–C) groups is 1. The molecular formula is C34H36N2O4. The van der Waals surface area contributed by atoms with E-state index in [1.165, 1.54) is 0 Å². The Bertz CT molecular complexity index is 1420. The molecule has 0 aromatic heterocycles. The van der Waals surface area contributed by atoms with Crippen LogP contribution < -0.4 is 9.64 Å². The monoisotopic (exact) mass is 536 g/mol. The van der Waals surface area contributed by atoms with Crippen LogP contribution in [-0.4, -0.2) is 45.3 Å². The number of hydrogen-bond donors (Lipinski definition) is 0. The first-order valence-corrected chi connectivity index (χ1v) is 13.8. The van der Waals surface area contributed by atoms with Crippen molar-refractivity contribution >= 4 is 23.2 Å². The highest BCUT2D eigenvalue weighted by molar-refractivity contribution is 6.09. The number of nitrogens with zero attached hydrogens (tertiary/aromatic N) is 2. The Kier molecular flexibility index (Phi) is 8.15. The normalized spacial score (nSPS) is 20.4. The zero-order chi connectivity index (χ0) is 28.2. The first-order valence-electron chi connectivity index (χ1n) is 13.8. The van der Waals surface area contributed by atoms with Crippen molar-refractivity contribution in [3.05, 3.63) is 107 Å². The number of allylic oxidation sites excluding steroid dienone is 2. The third kappa shape index (κ3) is 5.71. The molecule has 1 heterocycles. The minimum absolute atomic E-state index is 0.0276. The molecule has 3 atom stereocenters. The first kappa shape index (κ1) is 27.4. The number of carbonyl (C=O) groups is 2. The zero-order valence-electron chi connectivity index (χ0n) is 23.6. The van der Waals surface area contributed by atoms with E-state index in [0.29, 0.717) is 30.5 Å². The zero-order valence-corrected chi connectivity index (χ0v) is 23.6. The van der Waals surface area contributed by atoms with Gasteiger partial charge in [-0.25, -0.2) is 0 Å². The lowest BCUT2D eigenvalue weighted by molar-refractivity contribution is -0.146. The fourth-order valence-electron chi connectivity index (χ4n) is 5.82. The Hall–Kier alpha value is -4.19. The van der Waals surface area contributed by atoms with Gasteiger partial charge in [-0.15, -0.1) is 0 Å². The minimum atomic E-state index is -0.652. The number of ether oxygens (including phenoxy) is 2. The lowest BCUT2D eigenvalue weighted by Crippen LogP contribution is -2.38. The van der Waals surface area contributed by atoms with Gasteiger partial charge in [0.05, 0.1) is 13.7 Å². The largest absolute Gasteiger partial charge is 0.497 e. The molecule has 0 saturated heterocycles. The molecule has 3 unspecified atom stereocenters. The van der Waals surface area contributed by atoms with Crippen LogP contribution in [0.5, 0.6) is 5.75 Å². The van der Waals surface area contributed by atoms with E-state index in [4.69, 9.17) is 14.5 Å². The SMILES string of the molecule is COc1ccc(C2CC(=O)C3=C(C2)N=C(C)C(C(=O)OCCc2ccccc2)C3c2ccc(N(C)C)cc2)cc1. The van der Waals surface area contributed by atoms with Crippen LogP contribution in [0.25, 0.3) is 0 Å². The summed E-state index contributed by atoms with van der Waals surface area (Å²) in [4.78, 5) is 34.4. The number of rotatable bonds is 8. The predicted molar refractivity (Wildman–Crippen MR) is 158 cm³/mol. The van der Waals surface area contributed by atoms with Gasteiger partial charge < -0.3 is 14.4 Å².